The molecule has 1 saturated heterocycles. The standard InChI is InChI=1S/C24H27N5O/c1-25-18-5-8-19(9-6-18)28-11-13-29(14-12-28)20-7-4-17(15-20)22-16-23-21(24(30)27-22)3-2-10-26-23/h2-3,5-6,8-10,15-16,20,25H,4,7,11-14H2,1H3,(H,27,30). The van der Waals surface area contributed by atoms with E-state index in [2.05, 4.69) is 55.4 Å². The van der Waals surface area contributed by atoms with Crippen molar-refractivity contribution in [2.75, 3.05) is 43.4 Å². The predicted molar refractivity (Wildman–Crippen MR) is 123 cm³/mol. The molecule has 0 bridgehead atoms. The lowest BCUT2D eigenvalue weighted by molar-refractivity contribution is 0.214. The van der Waals surface area contributed by atoms with Crippen LogP contribution in [0.2, 0.25) is 0 Å². The van der Waals surface area contributed by atoms with Crippen molar-refractivity contribution < 1.29 is 0 Å². The third-order valence-electron chi connectivity index (χ3n) is 6.37. The maximum absolute atomic E-state index is 12.4. The molecular formula is C24H27N5O. The van der Waals surface area contributed by atoms with Crippen LogP contribution in [0.3, 0.4) is 0 Å². The fraction of sp³-hybridized carbons (Fsp3) is 0.333. The number of rotatable bonds is 4. The van der Waals surface area contributed by atoms with Crippen LogP contribution in [-0.2, 0) is 0 Å². The number of nitrogens with zero attached hydrogens (tertiary/aromatic N) is 3. The number of aromatic amines is 1. The van der Waals surface area contributed by atoms with Crippen LogP contribution in [0.25, 0.3) is 16.5 Å². The summed E-state index contributed by atoms with van der Waals surface area (Å²) >= 11 is 0. The van der Waals surface area contributed by atoms with Crippen molar-refractivity contribution >= 4 is 27.9 Å². The van der Waals surface area contributed by atoms with Gasteiger partial charge in [-0.25, -0.2) is 0 Å². The number of hydrogen-bond acceptors (Lipinski definition) is 5. The van der Waals surface area contributed by atoms with Gasteiger partial charge in [0.1, 0.15) is 0 Å². The Kier molecular flexibility index (Phi) is 5.01. The maximum atomic E-state index is 12.4. The van der Waals surface area contributed by atoms with Gasteiger partial charge in [0.25, 0.3) is 5.56 Å². The van der Waals surface area contributed by atoms with Gasteiger partial charge in [0.05, 0.1) is 10.9 Å². The number of anilines is 2. The van der Waals surface area contributed by atoms with Crippen LogP contribution in [0.1, 0.15) is 18.5 Å². The summed E-state index contributed by atoms with van der Waals surface area (Å²) in [5, 5.41) is 3.82. The summed E-state index contributed by atoms with van der Waals surface area (Å²) in [6.07, 6.45) is 6.18. The van der Waals surface area contributed by atoms with Gasteiger partial charge in [-0.05, 0) is 60.9 Å². The quantitative estimate of drug-likeness (QED) is 0.702. The van der Waals surface area contributed by atoms with Gasteiger partial charge in [-0.3, -0.25) is 14.7 Å². The molecule has 1 aliphatic heterocycles. The zero-order chi connectivity index (χ0) is 20.5. The van der Waals surface area contributed by atoms with Crippen molar-refractivity contribution in [1.82, 2.24) is 14.9 Å². The number of hydrogen-bond donors (Lipinski definition) is 2. The Labute approximate surface area is 176 Å². The molecule has 2 N–H and O–H groups in total. The zero-order valence-electron chi connectivity index (χ0n) is 17.3. The SMILES string of the molecule is CNc1ccc(N2CCN(C3C=C(c4cc5ncccc5c(=O)[nH]4)CC3)CC2)cc1. The molecule has 0 spiro atoms. The Morgan fingerprint density at radius 1 is 1.10 bits per heavy atom. The van der Waals surface area contributed by atoms with Crippen molar-refractivity contribution in [2.24, 2.45) is 0 Å². The first-order chi connectivity index (χ1) is 14.7. The molecule has 3 heterocycles. The minimum atomic E-state index is -0.0575. The molecule has 3 aromatic rings. The third-order valence-corrected chi connectivity index (χ3v) is 6.37. The number of nitrogens with one attached hydrogen (secondary N) is 2. The Hall–Kier alpha value is -3.12. The summed E-state index contributed by atoms with van der Waals surface area (Å²) < 4.78 is 0. The highest BCUT2D eigenvalue weighted by molar-refractivity contribution is 5.81. The minimum Gasteiger partial charge on any atom is -0.388 e. The number of H-pyrrole nitrogens is 1. The summed E-state index contributed by atoms with van der Waals surface area (Å²) in [7, 11) is 1.95. The Morgan fingerprint density at radius 2 is 1.90 bits per heavy atom. The highest BCUT2D eigenvalue weighted by Crippen LogP contribution is 2.31. The molecule has 1 aliphatic carbocycles. The molecule has 1 fully saturated rings. The second-order valence-electron chi connectivity index (χ2n) is 8.07. The molecule has 6 heteroatoms. The van der Waals surface area contributed by atoms with Gasteiger partial charge in [-0.2, -0.15) is 0 Å². The van der Waals surface area contributed by atoms with E-state index in [9.17, 15) is 4.79 Å². The molecule has 30 heavy (non-hydrogen) atoms. The summed E-state index contributed by atoms with van der Waals surface area (Å²) in [6.45, 7) is 4.18. The van der Waals surface area contributed by atoms with E-state index in [-0.39, 0.29) is 5.56 Å². The lowest BCUT2D eigenvalue weighted by Gasteiger charge is -2.38. The lowest BCUT2D eigenvalue weighted by atomic mass is 10.1. The van der Waals surface area contributed by atoms with Crippen LogP contribution >= 0.6 is 0 Å². The molecule has 0 saturated carbocycles. The Morgan fingerprint density at radius 3 is 2.67 bits per heavy atom. The topological polar surface area (TPSA) is 64.3 Å². The number of fused-ring (bicyclic) bond motifs is 1. The largest absolute Gasteiger partial charge is 0.388 e. The van der Waals surface area contributed by atoms with Crippen LogP contribution in [0, 0.1) is 0 Å². The average Bonchev–Trinajstić information content (AvgIpc) is 3.30. The zero-order valence-corrected chi connectivity index (χ0v) is 17.3. The van der Waals surface area contributed by atoms with Crippen LogP contribution in [0.15, 0.2) is 59.5 Å². The second-order valence-corrected chi connectivity index (χ2v) is 8.07. The number of pyridine rings is 2. The first kappa shape index (κ1) is 18.9. The van der Waals surface area contributed by atoms with E-state index in [1.165, 1.54) is 11.3 Å². The van der Waals surface area contributed by atoms with Gasteiger partial charge >= 0.3 is 0 Å². The van der Waals surface area contributed by atoms with Gasteiger partial charge in [-0.1, -0.05) is 6.08 Å². The van der Waals surface area contributed by atoms with Crippen LogP contribution < -0.4 is 15.8 Å². The first-order valence-corrected chi connectivity index (χ1v) is 10.7. The summed E-state index contributed by atoms with van der Waals surface area (Å²) in [5.41, 5.74) is 5.28. The average molecular weight is 402 g/mol. The maximum Gasteiger partial charge on any atom is 0.257 e. The number of benzene rings is 1. The van der Waals surface area contributed by atoms with Crippen molar-refractivity contribution in [1.29, 1.82) is 0 Å². The van der Waals surface area contributed by atoms with Crippen molar-refractivity contribution in [2.45, 2.75) is 18.9 Å². The molecule has 5 rings (SSSR count). The summed E-state index contributed by atoms with van der Waals surface area (Å²) in [4.78, 5) is 24.9. The first-order valence-electron chi connectivity index (χ1n) is 10.7. The third kappa shape index (κ3) is 3.59. The molecule has 2 aromatic heterocycles. The molecule has 6 nitrogen and oxygen atoms in total. The molecule has 0 amide bonds. The van der Waals surface area contributed by atoms with E-state index >= 15 is 0 Å². The number of piperazine rings is 1. The molecule has 2 aliphatic rings. The van der Waals surface area contributed by atoms with Gasteiger partial charge < -0.3 is 15.2 Å². The van der Waals surface area contributed by atoms with Gasteiger partial charge in [-0.15, -0.1) is 0 Å². The van der Waals surface area contributed by atoms with Crippen molar-refractivity contribution in [3.8, 4) is 0 Å². The number of allylic oxidation sites excluding steroid dienone is 1. The van der Waals surface area contributed by atoms with E-state index in [0.29, 0.717) is 11.4 Å². The highest BCUT2D eigenvalue weighted by Gasteiger charge is 2.27. The summed E-state index contributed by atoms with van der Waals surface area (Å²) in [5.74, 6) is 0. The molecular weight excluding hydrogens is 374 g/mol. The van der Waals surface area contributed by atoms with E-state index in [1.54, 1.807) is 12.3 Å². The molecule has 0 radical (unpaired) electrons. The van der Waals surface area contributed by atoms with Crippen LogP contribution in [0.5, 0.6) is 0 Å². The van der Waals surface area contributed by atoms with E-state index in [4.69, 9.17) is 0 Å². The normalized spacial score (nSPS) is 19.8. The van der Waals surface area contributed by atoms with Gasteiger partial charge in [0.15, 0.2) is 0 Å². The fourth-order valence-electron chi connectivity index (χ4n) is 4.63. The van der Waals surface area contributed by atoms with Gasteiger partial charge in [0, 0.05) is 62.5 Å². The van der Waals surface area contributed by atoms with E-state index in [0.717, 1.165) is 55.9 Å². The minimum absolute atomic E-state index is 0.0575. The summed E-state index contributed by atoms with van der Waals surface area (Å²) in [6, 6.07) is 14.7. The smallest absolute Gasteiger partial charge is 0.257 e. The Balaban J connectivity index is 1.27. The van der Waals surface area contributed by atoms with E-state index in [1.807, 2.05) is 19.2 Å². The van der Waals surface area contributed by atoms with E-state index < -0.39 is 0 Å². The monoisotopic (exact) mass is 401 g/mol. The molecule has 1 atom stereocenters. The van der Waals surface area contributed by atoms with Crippen molar-refractivity contribution in [3.63, 3.8) is 0 Å². The molecule has 1 unspecified atom stereocenters. The van der Waals surface area contributed by atoms with Crippen LogP contribution in [0.4, 0.5) is 11.4 Å². The van der Waals surface area contributed by atoms with Gasteiger partial charge in [0.2, 0.25) is 0 Å². The molecule has 154 valence electrons. The fourth-order valence-corrected chi connectivity index (χ4v) is 4.63. The Bertz CT molecular complexity index is 1130. The van der Waals surface area contributed by atoms with Crippen LogP contribution in [-0.4, -0.2) is 54.1 Å². The second kappa shape index (κ2) is 7.95. The molecule has 1 aromatic carbocycles. The predicted octanol–water partition coefficient (Wildman–Crippen LogP) is 3.33. The van der Waals surface area contributed by atoms with Crippen molar-refractivity contribution in [3.05, 3.63) is 70.8 Å². The number of aromatic nitrogens is 2. The lowest BCUT2D eigenvalue weighted by Crippen LogP contribution is -2.49. The highest BCUT2D eigenvalue weighted by atomic mass is 16.1.